The molecule has 0 aromatic heterocycles. The topological polar surface area (TPSA) is 47.6 Å². The van der Waals surface area contributed by atoms with Crippen molar-refractivity contribution in [3.05, 3.63) is 80.9 Å². The summed E-state index contributed by atoms with van der Waals surface area (Å²) in [4.78, 5) is 0.945. The van der Waals surface area contributed by atoms with Gasteiger partial charge in [0.05, 0.1) is 4.24 Å². The predicted molar refractivity (Wildman–Crippen MR) is 101 cm³/mol. The van der Waals surface area contributed by atoms with Gasteiger partial charge in [-0.1, -0.05) is 96.5 Å². The largest absolute Gasteiger partial charge is 0.192 e. The molecule has 0 atom stereocenters. The summed E-state index contributed by atoms with van der Waals surface area (Å²) in [5.74, 6) is 0. The van der Waals surface area contributed by atoms with Crippen LogP contribution in [0.3, 0.4) is 0 Å². The van der Waals surface area contributed by atoms with E-state index in [1.807, 2.05) is 72.9 Å². The fraction of sp³-hybridized carbons (Fsp3) is 0. The molecule has 0 radical (unpaired) electrons. The van der Waals surface area contributed by atoms with Crippen molar-refractivity contribution in [3.63, 3.8) is 0 Å². The Morgan fingerprint density at radius 2 is 1.09 bits per heavy atom. The Hall–Kier alpha value is -2.05. The minimum absolute atomic E-state index is 0.472. The summed E-state index contributed by atoms with van der Waals surface area (Å²) < 4.78 is 0.932. The van der Waals surface area contributed by atoms with Crippen LogP contribution in [0.25, 0.3) is 0 Å². The molecule has 108 valence electrons. The Morgan fingerprint density at radius 3 is 1.50 bits per heavy atom. The Balaban J connectivity index is 2.39. The number of nitrogens with zero attached hydrogens (tertiary/aromatic N) is 2. The summed E-state index contributed by atoms with van der Waals surface area (Å²) in [6.45, 7) is 0. The molecule has 1 rings (SSSR count). The summed E-state index contributed by atoms with van der Waals surface area (Å²) >= 11 is 7.31. The van der Waals surface area contributed by atoms with E-state index in [1.165, 1.54) is 23.5 Å². The molecule has 0 bridgehead atoms. The molecular formula is C17H12N2S3. The maximum Gasteiger partial charge on any atom is 0.115 e. The van der Waals surface area contributed by atoms with Crippen molar-refractivity contribution in [2.75, 3.05) is 0 Å². The lowest BCUT2D eigenvalue weighted by Crippen LogP contribution is -1.66. The van der Waals surface area contributed by atoms with Crippen molar-refractivity contribution in [3.8, 4) is 12.1 Å². The lowest BCUT2D eigenvalue weighted by Gasteiger charge is -1.88. The zero-order valence-electron chi connectivity index (χ0n) is 11.5. The maximum atomic E-state index is 8.87. The second-order valence-corrected chi connectivity index (χ2v) is 6.27. The molecule has 1 aliphatic rings. The van der Waals surface area contributed by atoms with E-state index >= 15 is 0 Å². The standard InChI is InChI=1S/C17H12N2S3/c18-13-15-16(14-19)22-17(21-15)11-9-7-5-3-1-2-4-6-8-10-12-20/h1-12H/b2-1+,5-3+,6-4+,9-7+,10-8+. The van der Waals surface area contributed by atoms with Gasteiger partial charge in [-0.25, -0.2) is 0 Å². The second kappa shape index (κ2) is 11.6. The average molecular weight is 340 g/mol. The highest BCUT2D eigenvalue weighted by Gasteiger charge is 2.19. The van der Waals surface area contributed by atoms with Gasteiger partial charge in [-0.3, -0.25) is 0 Å². The zero-order chi connectivity index (χ0) is 16.0. The van der Waals surface area contributed by atoms with Crippen molar-refractivity contribution in [1.82, 2.24) is 0 Å². The van der Waals surface area contributed by atoms with Crippen LogP contribution in [0, 0.1) is 22.7 Å². The molecule has 0 unspecified atom stereocenters. The summed E-state index contributed by atoms with van der Waals surface area (Å²) in [6.07, 6.45) is 20.8. The zero-order valence-corrected chi connectivity index (χ0v) is 14.0. The molecule has 0 aromatic rings. The van der Waals surface area contributed by atoms with Crippen LogP contribution in [0.15, 0.2) is 80.9 Å². The Bertz CT molecular complexity index is 662. The van der Waals surface area contributed by atoms with Crippen LogP contribution in [0.4, 0.5) is 0 Å². The van der Waals surface area contributed by atoms with Crippen LogP contribution in [0.5, 0.6) is 0 Å². The number of hydrogen-bond donors (Lipinski definition) is 0. The van der Waals surface area contributed by atoms with Crippen LogP contribution in [0.1, 0.15) is 0 Å². The van der Waals surface area contributed by atoms with E-state index < -0.39 is 0 Å². The molecule has 22 heavy (non-hydrogen) atoms. The van der Waals surface area contributed by atoms with Crippen LogP contribution in [0.2, 0.25) is 0 Å². The van der Waals surface area contributed by atoms with Gasteiger partial charge in [-0.15, -0.1) is 0 Å². The van der Waals surface area contributed by atoms with E-state index in [-0.39, 0.29) is 0 Å². The van der Waals surface area contributed by atoms with E-state index in [9.17, 15) is 0 Å². The molecule has 0 saturated carbocycles. The smallest absolute Gasteiger partial charge is 0.115 e. The highest BCUT2D eigenvalue weighted by Crippen LogP contribution is 2.48. The third-order valence-corrected chi connectivity index (χ3v) is 4.59. The number of rotatable bonds is 6. The molecule has 0 spiro atoms. The lowest BCUT2D eigenvalue weighted by molar-refractivity contribution is 1.50. The van der Waals surface area contributed by atoms with Gasteiger partial charge in [-0.05, 0) is 6.08 Å². The van der Waals surface area contributed by atoms with Crippen molar-refractivity contribution in [1.29, 1.82) is 10.5 Å². The fourth-order valence-corrected chi connectivity index (χ4v) is 3.29. The monoisotopic (exact) mass is 340 g/mol. The number of allylic oxidation sites excluding steroid dienone is 13. The summed E-state index contributed by atoms with van der Waals surface area (Å²) in [5.41, 5.74) is 0. The predicted octanol–water partition coefficient (Wildman–Crippen LogP) is 5.35. The molecule has 5 heteroatoms. The fourth-order valence-electron chi connectivity index (χ4n) is 1.22. The molecule has 1 heterocycles. The van der Waals surface area contributed by atoms with Gasteiger partial charge in [0.2, 0.25) is 0 Å². The van der Waals surface area contributed by atoms with Gasteiger partial charge < -0.3 is 0 Å². The molecule has 0 saturated heterocycles. The first-order chi connectivity index (χ1) is 10.8. The van der Waals surface area contributed by atoms with Crippen molar-refractivity contribution in [2.24, 2.45) is 0 Å². The first kappa shape index (κ1) is 18.0. The number of hydrogen-bond acceptors (Lipinski definition) is 5. The van der Waals surface area contributed by atoms with Gasteiger partial charge in [0, 0.05) is 5.37 Å². The highest BCUT2D eigenvalue weighted by atomic mass is 32.2. The molecule has 0 aliphatic carbocycles. The van der Waals surface area contributed by atoms with Crippen LogP contribution in [-0.4, -0.2) is 5.37 Å². The molecule has 2 nitrogen and oxygen atoms in total. The van der Waals surface area contributed by atoms with Crippen molar-refractivity contribution < 1.29 is 0 Å². The van der Waals surface area contributed by atoms with Gasteiger partial charge in [0.15, 0.2) is 0 Å². The van der Waals surface area contributed by atoms with Crippen molar-refractivity contribution in [2.45, 2.75) is 0 Å². The second-order valence-electron chi connectivity index (χ2n) is 3.63. The lowest BCUT2D eigenvalue weighted by atomic mass is 10.3. The number of thioether (sulfide) groups is 2. The van der Waals surface area contributed by atoms with Gasteiger partial charge in [0.1, 0.15) is 21.9 Å². The first-order valence-electron chi connectivity index (χ1n) is 6.20. The molecule has 1 aliphatic heterocycles. The van der Waals surface area contributed by atoms with Crippen LogP contribution in [-0.2, 0) is 0 Å². The maximum absolute atomic E-state index is 8.87. The minimum Gasteiger partial charge on any atom is -0.192 e. The molecular weight excluding hydrogens is 328 g/mol. The van der Waals surface area contributed by atoms with E-state index in [4.69, 9.17) is 10.5 Å². The van der Waals surface area contributed by atoms with E-state index in [0.29, 0.717) is 9.81 Å². The van der Waals surface area contributed by atoms with E-state index in [0.717, 1.165) is 4.24 Å². The summed E-state index contributed by atoms with van der Waals surface area (Å²) in [5, 5.41) is 19.3. The SMILES string of the molecule is N#CC1=C(C#N)SC(=C/C=C/C=C/C=C/C=C/C=C/C=S)S1. The molecule has 0 fully saturated rings. The third-order valence-electron chi connectivity index (χ3n) is 2.13. The Morgan fingerprint density at radius 1 is 0.682 bits per heavy atom. The van der Waals surface area contributed by atoms with E-state index in [2.05, 4.69) is 12.2 Å². The summed E-state index contributed by atoms with van der Waals surface area (Å²) in [7, 11) is 0. The first-order valence-corrected chi connectivity index (χ1v) is 8.31. The molecule has 0 aromatic carbocycles. The Kier molecular flexibility index (Phi) is 9.48. The van der Waals surface area contributed by atoms with Crippen LogP contribution < -0.4 is 0 Å². The van der Waals surface area contributed by atoms with Gasteiger partial charge >= 0.3 is 0 Å². The van der Waals surface area contributed by atoms with E-state index in [1.54, 1.807) is 11.4 Å². The Labute approximate surface area is 144 Å². The number of nitriles is 2. The average Bonchev–Trinajstić information content (AvgIpc) is 2.95. The van der Waals surface area contributed by atoms with Gasteiger partial charge in [0.25, 0.3) is 0 Å². The number of thiocarbonyl (C=S) groups is 1. The third kappa shape index (κ3) is 7.10. The molecule has 0 N–H and O–H groups in total. The normalized spacial score (nSPS) is 15.6. The quantitative estimate of drug-likeness (QED) is 0.371. The highest BCUT2D eigenvalue weighted by molar-refractivity contribution is 8.28. The molecule has 0 amide bonds. The van der Waals surface area contributed by atoms with Gasteiger partial charge in [-0.2, -0.15) is 10.5 Å². The summed E-state index contributed by atoms with van der Waals surface area (Å²) in [6, 6.07) is 4.06. The minimum atomic E-state index is 0.472. The van der Waals surface area contributed by atoms with Crippen molar-refractivity contribution >= 4 is 41.1 Å². The van der Waals surface area contributed by atoms with Crippen LogP contribution >= 0.6 is 35.7 Å².